The summed E-state index contributed by atoms with van der Waals surface area (Å²) in [5.74, 6) is -0.472. The van der Waals surface area contributed by atoms with Gasteiger partial charge in [0.25, 0.3) is 0 Å². The summed E-state index contributed by atoms with van der Waals surface area (Å²) >= 11 is 0. The second-order valence-electron chi connectivity index (χ2n) is 6.79. The molecule has 3 aromatic heterocycles. The fourth-order valence-electron chi connectivity index (χ4n) is 3.36. The van der Waals surface area contributed by atoms with Gasteiger partial charge in [0.1, 0.15) is 17.1 Å². The van der Waals surface area contributed by atoms with Gasteiger partial charge in [0.05, 0.1) is 23.9 Å². The molecule has 9 nitrogen and oxygen atoms in total. The van der Waals surface area contributed by atoms with Crippen LogP contribution in [-0.2, 0) is 27.3 Å². The number of furan rings is 1. The number of carbonyl (C=O) groups excluding carboxylic acids is 2. The molecule has 0 spiro atoms. The fraction of sp³-hybridized carbons (Fsp3) is 0.227. The molecule has 0 atom stereocenters. The molecule has 31 heavy (non-hydrogen) atoms. The Hall–Kier alpha value is -4.01. The lowest BCUT2D eigenvalue weighted by Crippen LogP contribution is -2.11. The van der Waals surface area contributed by atoms with Crippen LogP contribution in [0.4, 0.5) is 5.82 Å². The Kier molecular flexibility index (Phi) is 5.48. The van der Waals surface area contributed by atoms with E-state index in [-0.39, 0.29) is 47.9 Å². The molecule has 0 aliphatic heterocycles. The number of rotatable bonds is 6. The van der Waals surface area contributed by atoms with Gasteiger partial charge in [0.2, 0.25) is 5.71 Å². The second kappa shape index (κ2) is 8.39. The predicted molar refractivity (Wildman–Crippen MR) is 112 cm³/mol. The zero-order chi connectivity index (χ0) is 22.0. The van der Waals surface area contributed by atoms with E-state index in [1.807, 2.05) is 30.3 Å². The Morgan fingerprint density at radius 3 is 2.74 bits per heavy atom. The molecule has 0 saturated carbocycles. The van der Waals surface area contributed by atoms with Crippen molar-refractivity contribution in [2.24, 2.45) is 0 Å². The minimum absolute atomic E-state index is 0.0502. The maximum Gasteiger partial charge on any atom is 0.342 e. The summed E-state index contributed by atoms with van der Waals surface area (Å²) in [6.45, 7) is 3.35. The number of hydrogen-bond donors (Lipinski definition) is 1. The highest BCUT2D eigenvalue weighted by Crippen LogP contribution is 2.29. The van der Waals surface area contributed by atoms with Gasteiger partial charge in [-0.25, -0.2) is 9.78 Å². The molecule has 0 bridgehead atoms. The van der Waals surface area contributed by atoms with Gasteiger partial charge in [-0.3, -0.25) is 9.78 Å². The quantitative estimate of drug-likeness (QED) is 0.467. The van der Waals surface area contributed by atoms with E-state index in [9.17, 15) is 9.59 Å². The summed E-state index contributed by atoms with van der Waals surface area (Å²) in [6, 6.07) is 9.40. The molecule has 0 aliphatic rings. The number of ether oxygens (including phenoxy) is 2. The third-order valence-electron chi connectivity index (χ3n) is 4.69. The Morgan fingerprint density at radius 1 is 1.13 bits per heavy atom. The van der Waals surface area contributed by atoms with Crippen LogP contribution in [0.25, 0.3) is 22.0 Å². The van der Waals surface area contributed by atoms with E-state index in [0.717, 1.165) is 16.5 Å². The number of aryl methyl sites for hydroxylation is 1. The summed E-state index contributed by atoms with van der Waals surface area (Å²) < 4.78 is 15.9. The molecule has 0 saturated heterocycles. The highest BCUT2D eigenvalue weighted by molar-refractivity contribution is 6.07. The first-order valence-corrected chi connectivity index (χ1v) is 9.68. The smallest absolute Gasteiger partial charge is 0.342 e. The van der Waals surface area contributed by atoms with Crippen molar-refractivity contribution in [2.45, 2.75) is 26.9 Å². The normalized spacial score (nSPS) is 11.0. The van der Waals surface area contributed by atoms with Crippen molar-refractivity contribution in [3.05, 3.63) is 59.2 Å². The van der Waals surface area contributed by atoms with E-state index >= 15 is 0 Å². The van der Waals surface area contributed by atoms with Gasteiger partial charge in [0.15, 0.2) is 12.4 Å². The molecule has 2 N–H and O–H groups in total. The number of hydrogen-bond acceptors (Lipinski definition) is 9. The Morgan fingerprint density at radius 2 is 1.94 bits per heavy atom. The van der Waals surface area contributed by atoms with Crippen molar-refractivity contribution in [3.63, 3.8) is 0 Å². The van der Waals surface area contributed by atoms with Crippen LogP contribution in [0.2, 0.25) is 0 Å². The van der Waals surface area contributed by atoms with Crippen LogP contribution in [0.15, 0.2) is 40.9 Å². The first kappa shape index (κ1) is 20.3. The first-order valence-electron chi connectivity index (χ1n) is 9.68. The molecule has 4 rings (SSSR count). The molecule has 4 aromatic rings. The van der Waals surface area contributed by atoms with Crippen LogP contribution in [0.1, 0.15) is 34.4 Å². The third-order valence-corrected chi connectivity index (χ3v) is 4.69. The molecule has 0 amide bonds. The van der Waals surface area contributed by atoms with Gasteiger partial charge in [0, 0.05) is 11.6 Å². The van der Waals surface area contributed by atoms with E-state index in [2.05, 4.69) is 15.0 Å². The standard InChI is InChI=1S/C22H20N4O5/c1-3-29-22(28)17-12(2)31-21-18(17)20(23)25-15(26-21)11-30-16(27)10-14-7-4-6-13-8-5-9-24-19(13)14/h4-9H,3,10-11H2,1-2H3,(H2,23,25,26). The summed E-state index contributed by atoms with van der Waals surface area (Å²) in [7, 11) is 0. The second-order valence-corrected chi connectivity index (χ2v) is 6.79. The molecule has 0 aliphatic carbocycles. The van der Waals surface area contributed by atoms with Gasteiger partial charge >= 0.3 is 11.9 Å². The Labute approximate surface area is 177 Å². The van der Waals surface area contributed by atoms with Crippen LogP contribution >= 0.6 is 0 Å². The topological polar surface area (TPSA) is 130 Å². The minimum atomic E-state index is -0.558. The van der Waals surface area contributed by atoms with Crippen molar-refractivity contribution < 1.29 is 23.5 Å². The number of carbonyl (C=O) groups is 2. The van der Waals surface area contributed by atoms with Crippen molar-refractivity contribution in [1.29, 1.82) is 0 Å². The number of nitrogens with zero attached hydrogens (tertiary/aromatic N) is 3. The van der Waals surface area contributed by atoms with Crippen LogP contribution in [-0.4, -0.2) is 33.5 Å². The third kappa shape index (κ3) is 4.02. The van der Waals surface area contributed by atoms with Crippen LogP contribution in [0.3, 0.4) is 0 Å². The molecular weight excluding hydrogens is 400 g/mol. The maximum atomic E-state index is 12.4. The van der Waals surface area contributed by atoms with E-state index < -0.39 is 11.9 Å². The number of fused-ring (bicyclic) bond motifs is 2. The minimum Gasteiger partial charge on any atom is -0.462 e. The SMILES string of the molecule is CCOC(=O)c1c(C)oc2nc(COC(=O)Cc3cccc4cccnc34)nc(N)c12. The number of esters is 2. The summed E-state index contributed by atoms with van der Waals surface area (Å²) in [6.07, 6.45) is 1.73. The lowest BCUT2D eigenvalue weighted by atomic mass is 10.1. The maximum absolute atomic E-state index is 12.4. The van der Waals surface area contributed by atoms with E-state index in [4.69, 9.17) is 19.6 Å². The lowest BCUT2D eigenvalue weighted by Gasteiger charge is -2.07. The van der Waals surface area contributed by atoms with Gasteiger partial charge in [-0.15, -0.1) is 0 Å². The van der Waals surface area contributed by atoms with Crippen molar-refractivity contribution in [3.8, 4) is 0 Å². The zero-order valence-electron chi connectivity index (χ0n) is 17.0. The molecular formula is C22H20N4O5. The number of aromatic nitrogens is 3. The fourth-order valence-corrected chi connectivity index (χ4v) is 3.36. The van der Waals surface area contributed by atoms with Crippen molar-refractivity contribution in [1.82, 2.24) is 15.0 Å². The lowest BCUT2D eigenvalue weighted by molar-refractivity contribution is -0.144. The number of benzene rings is 1. The number of anilines is 1. The highest BCUT2D eigenvalue weighted by atomic mass is 16.5. The monoisotopic (exact) mass is 420 g/mol. The van der Waals surface area contributed by atoms with Crippen LogP contribution in [0, 0.1) is 6.92 Å². The molecule has 1 aromatic carbocycles. The van der Waals surface area contributed by atoms with E-state index in [1.165, 1.54) is 0 Å². The number of pyridine rings is 1. The van der Waals surface area contributed by atoms with E-state index in [0.29, 0.717) is 5.76 Å². The summed E-state index contributed by atoms with van der Waals surface area (Å²) in [5, 5.41) is 1.23. The Bertz CT molecular complexity index is 1290. The molecule has 9 heteroatoms. The molecule has 0 radical (unpaired) electrons. The zero-order valence-corrected chi connectivity index (χ0v) is 17.0. The first-order chi connectivity index (χ1) is 15.0. The Balaban J connectivity index is 1.51. The number of nitrogens with two attached hydrogens (primary N) is 1. The highest BCUT2D eigenvalue weighted by Gasteiger charge is 2.24. The van der Waals surface area contributed by atoms with Crippen molar-refractivity contribution >= 4 is 39.8 Å². The van der Waals surface area contributed by atoms with Gasteiger partial charge in [-0.2, -0.15) is 4.98 Å². The van der Waals surface area contributed by atoms with Crippen LogP contribution in [0.5, 0.6) is 0 Å². The summed E-state index contributed by atoms with van der Waals surface area (Å²) in [4.78, 5) is 37.3. The van der Waals surface area contributed by atoms with Crippen LogP contribution < -0.4 is 5.73 Å². The predicted octanol–water partition coefficient (Wildman–Crippen LogP) is 3.12. The van der Waals surface area contributed by atoms with Crippen molar-refractivity contribution in [2.75, 3.05) is 12.3 Å². The average molecular weight is 420 g/mol. The van der Waals surface area contributed by atoms with E-state index in [1.54, 1.807) is 20.0 Å². The molecule has 0 fully saturated rings. The summed E-state index contributed by atoms with van der Waals surface area (Å²) in [5.41, 5.74) is 7.88. The molecule has 3 heterocycles. The number of para-hydroxylation sites is 1. The molecule has 158 valence electrons. The van der Waals surface area contributed by atoms with Gasteiger partial charge in [-0.05, 0) is 25.5 Å². The number of nitrogen functional groups attached to an aromatic ring is 1. The van der Waals surface area contributed by atoms with Gasteiger partial charge < -0.3 is 19.6 Å². The average Bonchev–Trinajstić information content (AvgIpc) is 3.09. The van der Waals surface area contributed by atoms with Gasteiger partial charge in [-0.1, -0.05) is 24.3 Å². The molecule has 0 unspecified atom stereocenters. The largest absolute Gasteiger partial charge is 0.462 e.